The van der Waals surface area contributed by atoms with Gasteiger partial charge in [0.2, 0.25) is 0 Å². The highest BCUT2D eigenvalue weighted by Crippen LogP contribution is 2.51. The van der Waals surface area contributed by atoms with Gasteiger partial charge in [0.05, 0.1) is 17.5 Å². The van der Waals surface area contributed by atoms with Gasteiger partial charge in [0.15, 0.2) is 0 Å². The number of ether oxygens (including phenoxy) is 3. The molecule has 300 valence electrons. The van der Waals surface area contributed by atoms with E-state index in [1.165, 1.54) is 11.1 Å². The Morgan fingerprint density at radius 1 is 1.09 bits per heavy atom. The first kappa shape index (κ1) is 41.4. The van der Waals surface area contributed by atoms with Gasteiger partial charge in [-0.2, -0.15) is 0 Å². The summed E-state index contributed by atoms with van der Waals surface area (Å²) in [6.07, 6.45) is 9.25. The summed E-state index contributed by atoms with van der Waals surface area (Å²) in [6.45, 7) is 17.9. The van der Waals surface area contributed by atoms with Gasteiger partial charge in [-0.15, -0.1) is 0 Å². The minimum atomic E-state index is -1.53. The summed E-state index contributed by atoms with van der Waals surface area (Å²) in [5.74, 6) is 1.24. The molecule has 11 heteroatoms. The van der Waals surface area contributed by atoms with Crippen molar-refractivity contribution in [1.82, 2.24) is 14.5 Å². The number of nitrogens with zero attached hydrogens (tertiary/aromatic N) is 3. The number of methoxy groups -OCH3 is 2. The molecule has 2 aromatic carbocycles. The van der Waals surface area contributed by atoms with E-state index in [0.717, 1.165) is 107 Å². The van der Waals surface area contributed by atoms with Gasteiger partial charge < -0.3 is 19.1 Å². The van der Waals surface area contributed by atoms with Crippen LogP contribution in [0.4, 0.5) is 5.69 Å². The van der Waals surface area contributed by atoms with Gasteiger partial charge in [-0.05, 0) is 126 Å². The zero-order chi connectivity index (χ0) is 38.7. The predicted molar refractivity (Wildman–Crippen MR) is 220 cm³/mol. The van der Waals surface area contributed by atoms with E-state index in [1.54, 1.807) is 13.2 Å². The molecule has 6 atom stereocenters. The number of halogens is 1. The lowest BCUT2D eigenvalue weighted by Crippen LogP contribution is -2.66. The fourth-order valence-electron chi connectivity index (χ4n) is 9.71. The van der Waals surface area contributed by atoms with Crippen molar-refractivity contribution in [1.29, 1.82) is 0 Å². The van der Waals surface area contributed by atoms with Gasteiger partial charge in [0.25, 0.3) is 5.91 Å². The number of hydrogen-bond acceptors (Lipinski definition) is 8. The number of carbonyl (C=O) groups excluding carboxylic acids is 1. The van der Waals surface area contributed by atoms with Gasteiger partial charge in [-0.3, -0.25) is 19.3 Å². The van der Waals surface area contributed by atoms with Crippen LogP contribution in [0.15, 0.2) is 36.4 Å². The molecule has 2 fully saturated rings. The summed E-state index contributed by atoms with van der Waals surface area (Å²) in [7, 11) is 2.04. The van der Waals surface area contributed by atoms with E-state index in [2.05, 4.69) is 59.2 Å². The molecule has 1 spiro atoms. The molecule has 0 bridgehead atoms. The number of nitrogens with one attached hydrogen (secondary N) is 1. The third kappa shape index (κ3) is 8.69. The van der Waals surface area contributed by atoms with Gasteiger partial charge in [0, 0.05) is 87.6 Å². The lowest BCUT2D eigenvalue weighted by atomic mass is 9.65. The fraction of sp³-hybridized carbons (Fsp3) is 0.698. The van der Waals surface area contributed by atoms with Crippen molar-refractivity contribution < 1.29 is 23.2 Å². The average molecular weight is 786 g/mol. The molecule has 54 heavy (non-hydrogen) atoms. The Morgan fingerprint density at radius 2 is 1.85 bits per heavy atom. The number of aryl methyl sites for hydroxylation is 1. The number of carbonyl (C=O) groups is 1. The van der Waals surface area contributed by atoms with E-state index >= 15 is 0 Å². The molecular formula is C43H65ClN4O5S. The Labute approximate surface area is 332 Å². The Bertz CT molecular complexity index is 1630. The van der Waals surface area contributed by atoms with Crippen LogP contribution in [0.5, 0.6) is 5.75 Å². The number of fused-ring (bicyclic) bond motifs is 3. The number of hydrogen-bond donors (Lipinski definition) is 1. The SMILES string of the molecule is CCCC[C@@](OC)(C1CCC1CN1C[C@@]2(CCCc3cc(Cl)ccc32)COc2ccc(C(=O)NS(=O)C(C)CCOC)cc21)N1CCN(C(C)(C)C)CC1. The summed E-state index contributed by atoms with van der Waals surface area (Å²) in [5.41, 5.74) is 3.66. The highest BCUT2D eigenvalue weighted by atomic mass is 35.5. The number of rotatable bonds is 14. The molecular weight excluding hydrogens is 720 g/mol. The molecule has 2 aliphatic heterocycles. The molecule has 0 radical (unpaired) electrons. The van der Waals surface area contributed by atoms with Crippen molar-refractivity contribution in [2.45, 2.75) is 114 Å². The number of unbranched alkanes of at least 4 members (excludes halogenated alkanes) is 1. The first-order chi connectivity index (χ1) is 25.8. The molecule has 0 aromatic heterocycles. The van der Waals surface area contributed by atoms with Crippen LogP contribution in [0, 0.1) is 11.8 Å². The first-order valence-corrected chi connectivity index (χ1v) is 22.0. The van der Waals surface area contributed by atoms with Crippen LogP contribution in [0.1, 0.15) is 107 Å². The lowest BCUT2D eigenvalue weighted by molar-refractivity contribution is -0.220. The van der Waals surface area contributed by atoms with Gasteiger partial charge in [-0.25, -0.2) is 4.21 Å². The smallest absolute Gasteiger partial charge is 0.263 e. The van der Waals surface area contributed by atoms with E-state index in [1.807, 2.05) is 32.2 Å². The van der Waals surface area contributed by atoms with E-state index in [0.29, 0.717) is 37.0 Å². The number of amides is 1. The van der Waals surface area contributed by atoms with Gasteiger partial charge in [0.1, 0.15) is 22.5 Å². The van der Waals surface area contributed by atoms with E-state index < -0.39 is 11.0 Å². The maximum Gasteiger partial charge on any atom is 0.263 e. The molecule has 1 amide bonds. The average Bonchev–Trinajstić information content (AvgIpc) is 3.30. The Morgan fingerprint density at radius 3 is 2.52 bits per heavy atom. The van der Waals surface area contributed by atoms with Crippen molar-refractivity contribution >= 4 is 34.2 Å². The first-order valence-electron chi connectivity index (χ1n) is 20.4. The van der Waals surface area contributed by atoms with Gasteiger partial charge in [-0.1, -0.05) is 31.0 Å². The normalized spacial score (nSPS) is 25.7. The van der Waals surface area contributed by atoms with E-state index in [4.69, 9.17) is 25.8 Å². The van der Waals surface area contributed by atoms with Crippen molar-refractivity contribution in [2.75, 3.05) is 71.6 Å². The predicted octanol–water partition coefficient (Wildman–Crippen LogP) is 7.61. The van der Waals surface area contributed by atoms with Crippen LogP contribution in [-0.4, -0.2) is 103 Å². The summed E-state index contributed by atoms with van der Waals surface area (Å²) < 4.78 is 34.6. The molecule has 1 saturated carbocycles. The molecule has 2 aliphatic carbocycles. The van der Waals surface area contributed by atoms with E-state index in [-0.39, 0.29) is 27.8 Å². The maximum absolute atomic E-state index is 13.6. The fourth-order valence-corrected chi connectivity index (χ4v) is 10.7. The second-order valence-corrected chi connectivity index (χ2v) is 19.4. The standard InChI is InChI=1S/C43H65ClN4O5S/c1-8-9-20-43(52-7,48-23-21-47(22-24-48)41(3,4)5)37-15-12-34(37)28-46-29-42(19-10-11-32-26-35(44)14-16-36(32)42)30-53-39-17-13-33(27-38(39)46)40(49)45-54(50)31(2)18-25-51-6/h13-14,16-17,26-27,31,34,37H,8-12,15,18-25,28-30H2,1-7H3,(H,45,49)/t31?,34?,37?,42-,43+,54?/m0/s1. The number of anilines is 1. The third-order valence-corrected chi connectivity index (χ3v) is 14.6. The van der Waals surface area contributed by atoms with Crippen LogP contribution in [-0.2, 0) is 32.3 Å². The zero-order valence-corrected chi connectivity index (χ0v) is 35.5. The highest BCUT2D eigenvalue weighted by molar-refractivity contribution is 7.84. The summed E-state index contributed by atoms with van der Waals surface area (Å²) >= 11 is 6.54. The molecule has 2 aromatic rings. The molecule has 9 nitrogen and oxygen atoms in total. The number of piperazine rings is 1. The van der Waals surface area contributed by atoms with Crippen molar-refractivity contribution in [2.24, 2.45) is 11.8 Å². The summed E-state index contributed by atoms with van der Waals surface area (Å²) in [6, 6.07) is 12.1. The van der Waals surface area contributed by atoms with Crippen LogP contribution in [0.3, 0.4) is 0 Å². The monoisotopic (exact) mass is 784 g/mol. The number of benzene rings is 2. The highest BCUT2D eigenvalue weighted by Gasteiger charge is 2.53. The summed E-state index contributed by atoms with van der Waals surface area (Å²) in [5, 5.41) is 0.545. The molecule has 1 N–H and O–H groups in total. The van der Waals surface area contributed by atoms with Crippen LogP contribution in [0.2, 0.25) is 5.02 Å². The minimum absolute atomic E-state index is 0.151. The van der Waals surface area contributed by atoms with Crippen LogP contribution < -0.4 is 14.4 Å². The Kier molecular flexibility index (Phi) is 13.4. The quantitative estimate of drug-likeness (QED) is 0.210. The molecule has 1 saturated heterocycles. The summed E-state index contributed by atoms with van der Waals surface area (Å²) in [4.78, 5) is 21.5. The van der Waals surface area contributed by atoms with Crippen molar-refractivity contribution in [3.8, 4) is 5.75 Å². The molecule has 2 heterocycles. The zero-order valence-electron chi connectivity index (χ0n) is 33.9. The lowest BCUT2D eigenvalue weighted by Gasteiger charge is -2.57. The Balaban J connectivity index is 1.32. The minimum Gasteiger partial charge on any atom is -0.490 e. The maximum atomic E-state index is 13.6. The molecule has 4 aliphatic rings. The molecule has 6 rings (SSSR count). The molecule has 4 unspecified atom stereocenters. The van der Waals surface area contributed by atoms with Crippen molar-refractivity contribution in [3.05, 3.63) is 58.1 Å². The van der Waals surface area contributed by atoms with Gasteiger partial charge >= 0.3 is 0 Å². The van der Waals surface area contributed by atoms with E-state index in [9.17, 15) is 9.00 Å². The topological polar surface area (TPSA) is 83.6 Å². The van der Waals surface area contributed by atoms with Crippen molar-refractivity contribution in [3.63, 3.8) is 0 Å². The Hall–Kier alpha value is -2.21. The second kappa shape index (κ2) is 17.5. The second-order valence-electron chi connectivity index (χ2n) is 17.3. The van der Waals surface area contributed by atoms with Crippen LogP contribution in [0.25, 0.3) is 0 Å². The van der Waals surface area contributed by atoms with Crippen LogP contribution >= 0.6 is 11.6 Å². The third-order valence-electron chi connectivity index (χ3n) is 13.0. The largest absolute Gasteiger partial charge is 0.490 e.